The van der Waals surface area contributed by atoms with Gasteiger partial charge in [0.25, 0.3) is 0 Å². The van der Waals surface area contributed by atoms with Crippen LogP contribution in [0.5, 0.6) is 0 Å². The molecule has 0 amide bonds. The molecule has 0 unspecified atom stereocenters. The molecule has 2 aliphatic rings. The first-order chi connectivity index (χ1) is 10.9. The molecule has 0 saturated heterocycles. The number of nitrogens with zero attached hydrogens (tertiary/aromatic N) is 4. The van der Waals surface area contributed by atoms with Crippen molar-refractivity contribution in [1.82, 2.24) is 9.97 Å². The van der Waals surface area contributed by atoms with Crippen LogP contribution in [-0.4, -0.2) is 48.1 Å². The molecular formula is C16H16N4O2Rh. The summed E-state index contributed by atoms with van der Waals surface area (Å²) in [6, 6.07) is 11.4. The maximum atomic E-state index is 5.23. The van der Waals surface area contributed by atoms with Crippen molar-refractivity contribution in [2.24, 2.45) is 9.98 Å². The van der Waals surface area contributed by atoms with Crippen LogP contribution >= 0.6 is 0 Å². The van der Waals surface area contributed by atoms with Gasteiger partial charge in [-0.05, 0) is 24.3 Å². The van der Waals surface area contributed by atoms with E-state index >= 15 is 0 Å². The minimum absolute atomic E-state index is 0. The summed E-state index contributed by atoms with van der Waals surface area (Å²) >= 11 is 0. The van der Waals surface area contributed by atoms with E-state index in [1.807, 2.05) is 36.4 Å². The molecule has 23 heavy (non-hydrogen) atoms. The van der Waals surface area contributed by atoms with Gasteiger partial charge in [0, 0.05) is 31.9 Å². The summed E-state index contributed by atoms with van der Waals surface area (Å²) in [5, 5.41) is 0. The van der Waals surface area contributed by atoms with E-state index in [-0.39, 0.29) is 19.5 Å². The van der Waals surface area contributed by atoms with E-state index in [1.165, 1.54) is 0 Å². The Bertz CT molecular complexity index is 603. The van der Waals surface area contributed by atoms with Gasteiger partial charge in [0.15, 0.2) is 0 Å². The zero-order valence-electron chi connectivity index (χ0n) is 12.4. The monoisotopic (exact) mass is 399 g/mol. The molecule has 2 aromatic heterocycles. The molecule has 0 atom stereocenters. The molecule has 0 aromatic carbocycles. The van der Waals surface area contributed by atoms with E-state index in [9.17, 15) is 0 Å². The van der Waals surface area contributed by atoms with Crippen molar-refractivity contribution in [2.45, 2.75) is 0 Å². The Morgan fingerprint density at radius 1 is 0.696 bits per heavy atom. The molecule has 0 aliphatic carbocycles. The molecule has 0 spiro atoms. The van der Waals surface area contributed by atoms with Gasteiger partial charge in [-0.15, -0.1) is 0 Å². The van der Waals surface area contributed by atoms with Crippen LogP contribution in [-0.2, 0) is 29.0 Å². The molecule has 0 bridgehead atoms. The third-order valence-corrected chi connectivity index (χ3v) is 2.94. The van der Waals surface area contributed by atoms with Gasteiger partial charge in [-0.1, -0.05) is 12.1 Å². The minimum atomic E-state index is 0. The van der Waals surface area contributed by atoms with Gasteiger partial charge in [0.2, 0.25) is 11.8 Å². The number of hydrogen-bond donors (Lipinski definition) is 0. The summed E-state index contributed by atoms with van der Waals surface area (Å²) in [4.78, 5) is 16.5. The summed E-state index contributed by atoms with van der Waals surface area (Å²) in [6.45, 7) is 2.88. The number of hydrogen-bond acceptors (Lipinski definition) is 6. The molecule has 4 heterocycles. The summed E-state index contributed by atoms with van der Waals surface area (Å²) in [5.74, 6) is 1.34. The normalized spacial score (nSPS) is 15.1. The molecule has 121 valence electrons. The molecule has 0 N–H and O–H groups in total. The van der Waals surface area contributed by atoms with Gasteiger partial charge in [-0.25, -0.2) is 9.98 Å². The third kappa shape index (κ3) is 4.93. The van der Waals surface area contributed by atoms with E-state index in [2.05, 4.69) is 20.0 Å². The maximum absolute atomic E-state index is 5.23. The first-order valence-corrected chi connectivity index (χ1v) is 7.11. The van der Waals surface area contributed by atoms with E-state index in [4.69, 9.17) is 9.47 Å². The van der Waals surface area contributed by atoms with Crippen molar-refractivity contribution in [3.8, 4) is 0 Å². The van der Waals surface area contributed by atoms with E-state index in [0.29, 0.717) is 25.0 Å². The fourth-order valence-corrected chi connectivity index (χ4v) is 1.96. The number of ether oxygens (including phenoxy) is 2. The Labute approximate surface area is 147 Å². The predicted octanol–water partition coefficient (Wildman–Crippen LogP) is 1.71. The van der Waals surface area contributed by atoms with Crippen LogP contribution in [0.4, 0.5) is 0 Å². The van der Waals surface area contributed by atoms with Crippen molar-refractivity contribution in [3.05, 3.63) is 60.2 Å². The Morgan fingerprint density at radius 3 is 1.48 bits per heavy atom. The third-order valence-electron chi connectivity index (χ3n) is 2.94. The fourth-order valence-electron chi connectivity index (χ4n) is 1.96. The molecule has 7 heteroatoms. The standard InChI is InChI=1S/2C8H8N2O.Rh/c2*1-2-4-9-7(3-1)8-10-5-6-11-8;/h2*1-4H,5-6H2;. The van der Waals surface area contributed by atoms with Crippen LogP contribution in [0.25, 0.3) is 0 Å². The minimum Gasteiger partial charge on any atom is -0.474 e. The summed E-state index contributed by atoms with van der Waals surface area (Å²) < 4.78 is 10.5. The Morgan fingerprint density at radius 2 is 1.17 bits per heavy atom. The molecular weight excluding hydrogens is 383 g/mol. The molecule has 0 saturated carbocycles. The number of aromatic nitrogens is 2. The predicted molar refractivity (Wildman–Crippen MR) is 83.2 cm³/mol. The quantitative estimate of drug-likeness (QED) is 0.722. The van der Waals surface area contributed by atoms with Gasteiger partial charge < -0.3 is 9.47 Å². The van der Waals surface area contributed by atoms with Crippen molar-refractivity contribution in [2.75, 3.05) is 26.3 Å². The number of aliphatic imine (C=N–C) groups is 2. The largest absolute Gasteiger partial charge is 0.474 e. The molecule has 1 radical (unpaired) electrons. The smallest absolute Gasteiger partial charge is 0.235 e. The van der Waals surface area contributed by atoms with Crippen molar-refractivity contribution in [1.29, 1.82) is 0 Å². The first-order valence-electron chi connectivity index (χ1n) is 7.11. The number of pyridine rings is 2. The molecule has 4 rings (SSSR count). The fraction of sp³-hybridized carbons (Fsp3) is 0.250. The number of rotatable bonds is 2. The van der Waals surface area contributed by atoms with Crippen molar-refractivity contribution < 1.29 is 29.0 Å². The second kappa shape index (κ2) is 9.10. The Hall–Kier alpha value is -2.14. The SMILES string of the molecule is [Rh].c1ccc(C2=NCCO2)nc1.c1ccc(C2=NCCO2)nc1. The first kappa shape index (κ1) is 17.2. The van der Waals surface area contributed by atoms with Gasteiger partial charge in [-0.3, -0.25) is 9.97 Å². The van der Waals surface area contributed by atoms with E-state index in [1.54, 1.807) is 12.4 Å². The second-order valence-electron chi connectivity index (χ2n) is 4.50. The van der Waals surface area contributed by atoms with Crippen LogP contribution in [0.1, 0.15) is 11.4 Å². The van der Waals surface area contributed by atoms with Crippen LogP contribution in [0.3, 0.4) is 0 Å². The molecule has 2 aliphatic heterocycles. The second-order valence-corrected chi connectivity index (χ2v) is 4.50. The van der Waals surface area contributed by atoms with Crippen LogP contribution in [0.2, 0.25) is 0 Å². The summed E-state index contributed by atoms with van der Waals surface area (Å²) in [5.41, 5.74) is 1.65. The average molecular weight is 399 g/mol. The Balaban J connectivity index is 0.000000160. The van der Waals surface area contributed by atoms with Gasteiger partial charge in [0.1, 0.15) is 24.6 Å². The molecule has 6 nitrogen and oxygen atoms in total. The average Bonchev–Trinajstić information content (AvgIpc) is 3.31. The molecule has 2 aromatic rings. The van der Waals surface area contributed by atoms with E-state index in [0.717, 1.165) is 24.5 Å². The van der Waals surface area contributed by atoms with Gasteiger partial charge in [0.05, 0.1) is 13.1 Å². The van der Waals surface area contributed by atoms with Crippen LogP contribution < -0.4 is 0 Å². The maximum Gasteiger partial charge on any atom is 0.235 e. The summed E-state index contributed by atoms with van der Waals surface area (Å²) in [6.07, 6.45) is 3.47. The topological polar surface area (TPSA) is 69.0 Å². The van der Waals surface area contributed by atoms with Crippen LogP contribution in [0.15, 0.2) is 58.8 Å². The summed E-state index contributed by atoms with van der Waals surface area (Å²) in [7, 11) is 0. The van der Waals surface area contributed by atoms with Crippen LogP contribution in [0, 0.1) is 0 Å². The Kier molecular flexibility index (Phi) is 6.82. The van der Waals surface area contributed by atoms with Gasteiger partial charge >= 0.3 is 0 Å². The van der Waals surface area contributed by atoms with Gasteiger partial charge in [-0.2, -0.15) is 0 Å². The zero-order valence-corrected chi connectivity index (χ0v) is 14.0. The van der Waals surface area contributed by atoms with Crippen molar-refractivity contribution in [3.63, 3.8) is 0 Å². The molecule has 0 fully saturated rings. The van der Waals surface area contributed by atoms with Crippen molar-refractivity contribution >= 4 is 11.8 Å². The van der Waals surface area contributed by atoms with E-state index < -0.39 is 0 Å². The zero-order chi connectivity index (χ0) is 15.0.